The van der Waals surface area contributed by atoms with E-state index in [0.29, 0.717) is 36.8 Å². The van der Waals surface area contributed by atoms with Crippen molar-refractivity contribution < 1.29 is 32.9 Å². The molecular weight excluding hydrogens is 679 g/mol. The minimum Gasteiger partial charge on any atom is -0.493 e. The van der Waals surface area contributed by atoms with E-state index < -0.39 is 11.7 Å². The van der Waals surface area contributed by atoms with Gasteiger partial charge < -0.3 is 39.4 Å². The van der Waals surface area contributed by atoms with Crippen molar-refractivity contribution >= 4 is 29.1 Å². The second-order valence-electron chi connectivity index (χ2n) is 12.8. The molecule has 1 aromatic heterocycles. The number of ether oxygens (including phenoxy) is 4. The molecule has 4 aromatic rings. The number of hydrogen-bond acceptors (Lipinski definition) is 10. The van der Waals surface area contributed by atoms with Gasteiger partial charge in [0, 0.05) is 49.3 Å². The van der Waals surface area contributed by atoms with Crippen LogP contribution in [0.4, 0.5) is 21.7 Å². The van der Waals surface area contributed by atoms with Gasteiger partial charge in [-0.15, -0.1) is 0 Å². The number of para-hydroxylation sites is 1. The number of nitrogens with one attached hydrogen (secondary N) is 2. The van der Waals surface area contributed by atoms with Crippen LogP contribution in [0, 0.1) is 19.7 Å². The number of carbonyl (C=O) groups excluding carboxylic acids is 2. The van der Waals surface area contributed by atoms with Gasteiger partial charge in [-0.3, -0.25) is 9.59 Å². The number of amides is 2. The maximum atomic E-state index is 15.1. The summed E-state index contributed by atoms with van der Waals surface area (Å²) in [5.74, 6) is -0.116. The second-order valence-corrected chi connectivity index (χ2v) is 12.8. The summed E-state index contributed by atoms with van der Waals surface area (Å²) in [6.45, 7) is 12.2. The molecule has 2 amide bonds. The van der Waals surface area contributed by atoms with Crippen LogP contribution in [0.3, 0.4) is 0 Å². The molecule has 0 radical (unpaired) electrons. The molecule has 53 heavy (non-hydrogen) atoms. The number of nitrogens with zero attached hydrogens (tertiary/aromatic N) is 4. The topological polar surface area (TPSA) is 127 Å². The molecule has 0 saturated carbocycles. The van der Waals surface area contributed by atoms with Crippen molar-refractivity contribution in [2.75, 3.05) is 63.7 Å². The minimum atomic E-state index is -0.528. The van der Waals surface area contributed by atoms with E-state index in [1.54, 1.807) is 35.2 Å². The molecule has 282 valence electrons. The van der Waals surface area contributed by atoms with E-state index in [9.17, 15) is 9.59 Å². The van der Waals surface area contributed by atoms with Gasteiger partial charge in [0.05, 0.1) is 13.7 Å². The van der Waals surface area contributed by atoms with Gasteiger partial charge in [-0.1, -0.05) is 24.6 Å². The minimum absolute atomic E-state index is 0.0462. The van der Waals surface area contributed by atoms with Gasteiger partial charge in [-0.2, -0.15) is 4.98 Å². The summed E-state index contributed by atoms with van der Waals surface area (Å²) < 4.78 is 38.4. The molecular formula is C40H49FN6O6. The largest absolute Gasteiger partial charge is 0.493 e. The van der Waals surface area contributed by atoms with Gasteiger partial charge in [0.1, 0.15) is 11.3 Å². The first-order valence-electron chi connectivity index (χ1n) is 18.1. The van der Waals surface area contributed by atoms with Gasteiger partial charge in [0.25, 0.3) is 11.8 Å². The zero-order chi connectivity index (χ0) is 37.7. The number of likely N-dealkylation sites (N-methyl/N-ethyl adjacent to an activating group) is 1. The number of rotatable bonds is 17. The van der Waals surface area contributed by atoms with Crippen LogP contribution >= 0.6 is 0 Å². The summed E-state index contributed by atoms with van der Waals surface area (Å²) in [7, 11) is 1.46. The van der Waals surface area contributed by atoms with Crippen LogP contribution in [-0.2, 0) is 4.79 Å². The molecule has 0 bridgehead atoms. The van der Waals surface area contributed by atoms with Gasteiger partial charge in [-0.05, 0) is 95.4 Å². The van der Waals surface area contributed by atoms with Crippen molar-refractivity contribution in [3.8, 4) is 28.9 Å². The summed E-state index contributed by atoms with van der Waals surface area (Å²) >= 11 is 0. The molecule has 13 heteroatoms. The predicted molar refractivity (Wildman–Crippen MR) is 202 cm³/mol. The fraction of sp³-hybridized carbons (Fsp3) is 0.400. The Morgan fingerprint density at radius 1 is 0.925 bits per heavy atom. The number of methoxy groups -OCH3 is 1. The van der Waals surface area contributed by atoms with E-state index in [2.05, 4.69) is 25.5 Å². The molecule has 2 N–H and O–H groups in total. The van der Waals surface area contributed by atoms with Crippen LogP contribution in [-0.4, -0.2) is 84.6 Å². The number of aryl methyl sites for hydroxylation is 2. The Hall–Kier alpha value is -5.43. The highest BCUT2D eigenvalue weighted by molar-refractivity contribution is 6.06. The second kappa shape index (κ2) is 18.9. The zero-order valence-electron chi connectivity index (χ0n) is 31.2. The third-order valence-electron chi connectivity index (χ3n) is 9.05. The van der Waals surface area contributed by atoms with Gasteiger partial charge in [0.15, 0.2) is 29.7 Å². The summed E-state index contributed by atoms with van der Waals surface area (Å²) in [6, 6.07) is 15.1. The first-order chi connectivity index (χ1) is 25.7. The van der Waals surface area contributed by atoms with Crippen LogP contribution in [0.25, 0.3) is 0 Å². The summed E-state index contributed by atoms with van der Waals surface area (Å²) in [4.78, 5) is 39.2. The normalized spacial score (nSPS) is 12.9. The van der Waals surface area contributed by atoms with Crippen molar-refractivity contribution in [3.05, 3.63) is 83.3 Å². The third kappa shape index (κ3) is 10.6. The Morgan fingerprint density at radius 3 is 2.36 bits per heavy atom. The number of anilines is 3. The summed E-state index contributed by atoms with van der Waals surface area (Å²) in [5, 5.41) is 5.96. The number of likely N-dealkylation sites (tertiary alicyclic amines) is 1. The van der Waals surface area contributed by atoms with E-state index in [1.165, 1.54) is 38.6 Å². The third-order valence-corrected chi connectivity index (χ3v) is 9.05. The molecule has 0 aliphatic carbocycles. The van der Waals surface area contributed by atoms with Crippen LogP contribution in [0.5, 0.6) is 28.9 Å². The fourth-order valence-electron chi connectivity index (χ4n) is 6.07. The Morgan fingerprint density at radius 2 is 1.66 bits per heavy atom. The SMILES string of the molecule is CCN(CC)C(=O)COc1ccc(Oc2nc(Nc3ccc(OCCCN4CCCCC4)c(F)c3)ncc2C(=O)Nc2c(C)cccc2C)c(OC)c1. The Kier molecular flexibility index (Phi) is 13.8. The smallest absolute Gasteiger partial charge is 0.262 e. The van der Waals surface area contributed by atoms with Crippen molar-refractivity contribution in [1.29, 1.82) is 0 Å². The molecule has 0 atom stereocenters. The van der Waals surface area contributed by atoms with Crippen LogP contribution < -0.4 is 29.6 Å². The highest BCUT2D eigenvalue weighted by atomic mass is 19.1. The highest BCUT2D eigenvalue weighted by Gasteiger charge is 2.21. The Balaban J connectivity index is 1.34. The number of benzene rings is 3. The molecule has 1 aliphatic heterocycles. The van der Waals surface area contributed by atoms with E-state index in [4.69, 9.17) is 18.9 Å². The van der Waals surface area contributed by atoms with Crippen molar-refractivity contribution in [2.24, 2.45) is 0 Å². The summed E-state index contributed by atoms with van der Waals surface area (Å²) in [5.41, 5.74) is 2.85. The van der Waals surface area contributed by atoms with Crippen molar-refractivity contribution in [1.82, 2.24) is 19.8 Å². The quantitative estimate of drug-likeness (QED) is 0.105. The Labute approximate surface area is 310 Å². The molecule has 3 aromatic carbocycles. The lowest BCUT2D eigenvalue weighted by Crippen LogP contribution is -2.34. The van der Waals surface area contributed by atoms with Crippen molar-refractivity contribution in [3.63, 3.8) is 0 Å². The first-order valence-corrected chi connectivity index (χ1v) is 18.1. The van der Waals surface area contributed by atoms with Crippen LogP contribution in [0.1, 0.15) is 61.0 Å². The average Bonchev–Trinajstić information content (AvgIpc) is 3.16. The molecule has 1 aliphatic rings. The molecule has 2 heterocycles. The molecule has 1 fully saturated rings. The van der Waals surface area contributed by atoms with Crippen LogP contribution in [0.15, 0.2) is 60.8 Å². The van der Waals surface area contributed by atoms with Crippen molar-refractivity contribution in [2.45, 2.75) is 53.4 Å². The molecule has 12 nitrogen and oxygen atoms in total. The van der Waals surface area contributed by atoms with Crippen LogP contribution in [0.2, 0.25) is 0 Å². The zero-order valence-corrected chi connectivity index (χ0v) is 31.2. The van der Waals surface area contributed by atoms with E-state index in [1.807, 2.05) is 45.9 Å². The maximum absolute atomic E-state index is 15.1. The number of halogens is 1. The average molecular weight is 729 g/mol. The number of carbonyl (C=O) groups is 2. The maximum Gasteiger partial charge on any atom is 0.262 e. The van der Waals surface area contributed by atoms with E-state index >= 15 is 4.39 Å². The summed E-state index contributed by atoms with van der Waals surface area (Å²) in [6.07, 6.45) is 5.89. The highest BCUT2D eigenvalue weighted by Crippen LogP contribution is 2.36. The number of hydrogen-bond donors (Lipinski definition) is 2. The lowest BCUT2D eigenvalue weighted by atomic mass is 10.1. The molecule has 0 unspecified atom stereocenters. The molecule has 0 spiro atoms. The lowest BCUT2D eigenvalue weighted by molar-refractivity contribution is -0.132. The van der Waals surface area contributed by atoms with Gasteiger partial charge >= 0.3 is 0 Å². The predicted octanol–water partition coefficient (Wildman–Crippen LogP) is 7.53. The van der Waals surface area contributed by atoms with E-state index in [-0.39, 0.29) is 47.2 Å². The van der Waals surface area contributed by atoms with Gasteiger partial charge in [0.2, 0.25) is 11.8 Å². The standard InChI is InChI=1S/C40H49FN6O6/c1-6-47(7-2)36(48)26-52-30-16-18-34(35(24-30)50-5)53-39-31(38(49)44-37-27(3)13-11-14-28(37)4)25-42-40(45-39)43-29-15-17-33(32(41)23-29)51-22-12-21-46-19-9-8-10-20-46/h11,13-18,23-25H,6-10,12,19-22,26H2,1-5H3,(H,44,49)(H,42,43,45). The Bertz CT molecular complexity index is 1840. The number of aromatic nitrogens is 2. The molecule has 1 saturated heterocycles. The fourth-order valence-corrected chi connectivity index (χ4v) is 6.07. The lowest BCUT2D eigenvalue weighted by Gasteiger charge is -2.26. The van der Waals surface area contributed by atoms with Gasteiger partial charge in [-0.25, -0.2) is 9.37 Å². The first kappa shape index (κ1) is 38.8. The number of piperidine rings is 1. The molecule has 5 rings (SSSR count). The van der Waals surface area contributed by atoms with E-state index in [0.717, 1.165) is 37.2 Å². The monoisotopic (exact) mass is 728 g/mol.